The molecule has 0 aliphatic heterocycles. The van der Waals surface area contributed by atoms with Crippen molar-refractivity contribution in [2.75, 3.05) is 0 Å². The van der Waals surface area contributed by atoms with Gasteiger partial charge >= 0.3 is 51.4 Å². The zero-order chi connectivity index (χ0) is 12.1. The topological polar surface area (TPSA) is 49.6 Å². The smallest absolute Gasteiger partial charge is 0.0964 e. The first kappa shape index (κ1) is 15.6. The van der Waals surface area contributed by atoms with Crippen LogP contribution in [0.25, 0.3) is 21.8 Å². The molecule has 2 aromatic heterocycles. The van der Waals surface area contributed by atoms with E-state index in [1.807, 2.05) is 12.1 Å². The summed E-state index contributed by atoms with van der Waals surface area (Å²) in [5.74, 6) is 0. The third-order valence-electron chi connectivity index (χ3n) is 2.34. The maximum Gasteiger partial charge on any atom is 0.0964 e. The summed E-state index contributed by atoms with van der Waals surface area (Å²) in [7, 11) is 0. The zero-order valence-corrected chi connectivity index (χ0v) is 9.80. The number of thiocyanates is 1. The first-order chi connectivity index (χ1) is 8.36. The molecule has 0 amide bonds. The second-order valence-corrected chi connectivity index (χ2v) is 3.52. The number of hydrogen-bond acceptors (Lipinski definition) is 4. The van der Waals surface area contributed by atoms with E-state index in [1.165, 1.54) is 5.40 Å². The van der Waals surface area contributed by atoms with Crippen molar-refractivity contribution >= 4 is 85.8 Å². The molecule has 0 atom stereocenters. The summed E-state index contributed by atoms with van der Waals surface area (Å²) in [6.45, 7) is 0. The van der Waals surface area contributed by atoms with Gasteiger partial charge < -0.3 is 0 Å². The summed E-state index contributed by atoms with van der Waals surface area (Å²) in [5, 5.41) is 10.9. The van der Waals surface area contributed by atoms with E-state index < -0.39 is 0 Å². The summed E-state index contributed by atoms with van der Waals surface area (Å²) in [6, 6.07) is 12.1. The van der Waals surface area contributed by atoms with E-state index >= 15 is 0 Å². The van der Waals surface area contributed by atoms with Crippen molar-refractivity contribution in [3.8, 4) is 5.40 Å². The summed E-state index contributed by atoms with van der Waals surface area (Å²) in [6.07, 6.45) is 3.60. The minimum absolute atomic E-state index is 0. The molecule has 0 aliphatic carbocycles. The Kier molecular flexibility index (Phi) is 6.79. The van der Waals surface area contributed by atoms with Crippen LogP contribution >= 0.6 is 12.6 Å². The molecule has 84 valence electrons. The standard InChI is InChI=1S/C12H8N2.CHNS.K.H/c1-3-9-5-6-10-4-2-8-14-12(10)11(9)13-7-1;2-1-3;;/h1-8H;3H;;. The maximum atomic E-state index is 7.18. The Labute approximate surface area is 153 Å². The molecule has 0 aliphatic rings. The Hall–Kier alpha value is -0.484. The molecule has 3 rings (SSSR count). The first-order valence-electron chi connectivity index (χ1n) is 4.98. The van der Waals surface area contributed by atoms with Crippen LogP contribution in [0.2, 0.25) is 0 Å². The van der Waals surface area contributed by atoms with Crippen molar-refractivity contribution in [3.63, 3.8) is 0 Å². The summed E-state index contributed by atoms with van der Waals surface area (Å²) < 4.78 is 0. The fourth-order valence-corrected chi connectivity index (χ4v) is 1.68. The van der Waals surface area contributed by atoms with Crippen molar-refractivity contribution in [2.45, 2.75) is 0 Å². The quantitative estimate of drug-likeness (QED) is 0.298. The summed E-state index contributed by atoms with van der Waals surface area (Å²) in [4.78, 5) is 8.69. The predicted molar refractivity (Wildman–Crippen MR) is 78.8 cm³/mol. The molecule has 2 heterocycles. The third-order valence-corrected chi connectivity index (χ3v) is 2.34. The first-order valence-corrected chi connectivity index (χ1v) is 5.43. The van der Waals surface area contributed by atoms with Crippen LogP contribution in [0.1, 0.15) is 0 Å². The molecular formula is C13H10KN3S. The predicted octanol–water partition coefficient (Wildman–Crippen LogP) is 2.53. The fourth-order valence-electron chi connectivity index (χ4n) is 1.68. The molecule has 1 aromatic carbocycles. The number of nitriles is 1. The zero-order valence-electron chi connectivity index (χ0n) is 8.91. The van der Waals surface area contributed by atoms with Gasteiger partial charge in [-0.1, -0.05) is 36.9 Å². The average Bonchev–Trinajstić information content (AvgIpc) is 2.40. The van der Waals surface area contributed by atoms with Crippen molar-refractivity contribution < 1.29 is 0 Å². The van der Waals surface area contributed by atoms with Gasteiger partial charge in [0.15, 0.2) is 0 Å². The number of rotatable bonds is 0. The second-order valence-electron chi connectivity index (χ2n) is 3.32. The molecule has 0 bridgehead atoms. The SMILES string of the molecule is N#CS.[KH].c1cnc2c(c1)ccc1cccnc12. The molecule has 0 saturated carbocycles. The van der Waals surface area contributed by atoms with Gasteiger partial charge in [0.1, 0.15) is 5.40 Å². The number of hydrogen-bond donors (Lipinski definition) is 1. The van der Waals surface area contributed by atoms with Gasteiger partial charge in [-0.25, -0.2) is 0 Å². The molecular weight excluding hydrogens is 269 g/mol. The molecule has 0 spiro atoms. The van der Waals surface area contributed by atoms with Gasteiger partial charge in [0.25, 0.3) is 0 Å². The van der Waals surface area contributed by atoms with Crippen molar-refractivity contribution in [3.05, 3.63) is 48.8 Å². The maximum absolute atomic E-state index is 7.18. The van der Waals surface area contributed by atoms with Gasteiger partial charge in [0, 0.05) is 23.2 Å². The normalized spacial score (nSPS) is 8.89. The van der Waals surface area contributed by atoms with E-state index in [1.54, 1.807) is 12.4 Å². The minimum Gasteiger partial charge on any atom is -0.254 e. The second kappa shape index (κ2) is 7.84. The van der Waals surface area contributed by atoms with Crippen molar-refractivity contribution in [1.29, 1.82) is 5.26 Å². The number of benzene rings is 1. The fraction of sp³-hybridized carbons (Fsp3) is 0. The van der Waals surface area contributed by atoms with Gasteiger partial charge in [-0.15, -0.1) is 0 Å². The van der Waals surface area contributed by atoms with Gasteiger partial charge in [-0.2, -0.15) is 5.26 Å². The molecule has 0 fully saturated rings. The van der Waals surface area contributed by atoms with E-state index in [-0.39, 0.29) is 51.4 Å². The molecule has 3 aromatic rings. The number of thiol groups is 1. The number of nitrogens with zero attached hydrogens (tertiary/aromatic N) is 3. The Morgan fingerprint density at radius 2 is 1.28 bits per heavy atom. The molecule has 18 heavy (non-hydrogen) atoms. The molecule has 3 nitrogen and oxygen atoms in total. The van der Waals surface area contributed by atoms with Crippen LogP contribution in [0.4, 0.5) is 0 Å². The van der Waals surface area contributed by atoms with Crippen LogP contribution < -0.4 is 0 Å². The summed E-state index contributed by atoms with van der Waals surface area (Å²) in [5.41, 5.74) is 1.95. The van der Waals surface area contributed by atoms with Gasteiger partial charge in [-0.05, 0) is 12.1 Å². The Morgan fingerprint density at radius 3 is 1.67 bits per heavy atom. The van der Waals surface area contributed by atoms with E-state index in [4.69, 9.17) is 5.26 Å². The van der Waals surface area contributed by atoms with Crippen molar-refractivity contribution in [2.24, 2.45) is 0 Å². The Balaban J connectivity index is 0.000000372. The number of fused-ring (bicyclic) bond motifs is 3. The van der Waals surface area contributed by atoms with Crippen LogP contribution in [-0.2, 0) is 0 Å². The molecule has 0 unspecified atom stereocenters. The van der Waals surface area contributed by atoms with E-state index in [0.717, 1.165) is 21.8 Å². The molecule has 5 heteroatoms. The van der Waals surface area contributed by atoms with Crippen LogP contribution in [0.15, 0.2) is 48.8 Å². The Morgan fingerprint density at radius 1 is 0.889 bits per heavy atom. The van der Waals surface area contributed by atoms with E-state index in [0.29, 0.717) is 0 Å². The van der Waals surface area contributed by atoms with Gasteiger partial charge in [-0.3, -0.25) is 9.97 Å². The summed E-state index contributed by atoms with van der Waals surface area (Å²) >= 11 is 3.09. The molecule has 0 radical (unpaired) electrons. The van der Waals surface area contributed by atoms with Gasteiger partial charge in [0.2, 0.25) is 0 Å². The average molecular weight is 279 g/mol. The molecule has 0 N–H and O–H groups in total. The minimum atomic E-state index is 0. The Bertz CT molecular complexity index is 639. The van der Waals surface area contributed by atoms with Crippen LogP contribution in [-0.4, -0.2) is 61.4 Å². The third kappa shape index (κ3) is 3.51. The van der Waals surface area contributed by atoms with Crippen LogP contribution in [0.3, 0.4) is 0 Å². The van der Waals surface area contributed by atoms with Crippen LogP contribution in [0, 0.1) is 10.7 Å². The largest absolute Gasteiger partial charge is 0.254 e. The number of aromatic nitrogens is 2. The monoisotopic (exact) mass is 279 g/mol. The van der Waals surface area contributed by atoms with Crippen molar-refractivity contribution in [1.82, 2.24) is 9.97 Å². The number of pyridine rings is 2. The van der Waals surface area contributed by atoms with Gasteiger partial charge in [0.05, 0.1) is 11.0 Å². The molecule has 0 saturated heterocycles. The van der Waals surface area contributed by atoms with E-state index in [2.05, 4.69) is 46.9 Å². The van der Waals surface area contributed by atoms with E-state index in [9.17, 15) is 0 Å². The van der Waals surface area contributed by atoms with Crippen LogP contribution in [0.5, 0.6) is 0 Å².